The van der Waals surface area contributed by atoms with Crippen molar-refractivity contribution < 1.29 is 13.2 Å². The van der Waals surface area contributed by atoms with Crippen molar-refractivity contribution >= 4 is 15.7 Å². The summed E-state index contributed by atoms with van der Waals surface area (Å²) in [7, 11) is -3.25. The molecule has 0 aliphatic rings. The number of hydrogen-bond donors (Lipinski definition) is 1. The second-order valence-electron chi connectivity index (χ2n) is 4.40. The molecule has 0 saturated heterocycles. The minimum atomic E-state index is -3.25. The Morgan fingerprint density at radius 3 is 2.27 bits per heavy atom. The maximum atomic E-state index is 11.0. The van der Waals surface area contributed by atoms with Gasteiger partial charge in [-0.05, 0) is 20.8 Å². The van der Waals surface area contributed by atoms with Crippen LogP contribution >= 0.6 is 0 Å². The summed E-state index contributed by atoms with van der Waals surface area (Å²) >= 11 is 0. The Balaban J connectivity index is 3.98. The van der Waals surface area contributed by atoms with E-state index in [1.807, 2.05) is 20.8 Å². The van der Waals surface area contributed by atoms with Crippen LogP contribution in [0.5, 0.6) is 0 Å². The zero-order valence-corrected chi connectivity index (χ0v) is 10.4. The highest BCUT2D eigenvalue weighted by atomic mass is 32.2. The van der Waals surface area contributed by atoms with E-state index in [1.54, 1.807) is 0 Å². The fraction of sp³-hybridized carbons (Fsp3) is 0.700. The molecule has 0 bridgehead atoms. The molecule has 0 unspecified atom stereocenters. The molecule has 86 valence electrons. The Bertz CT molecular complexity index is 379. The largest absolute Gasteiger partial charge is 0.344 e. The molecule has 0 spiro atoms. The maximum Gasteiger partial charge on any atom is 0.235 e. The lowest BCUT2D eigenvalue weighted by molar-refractivity contribution is -0.118. The summed E-state index contributed by atoms with van der Waals surface area (Å²) in [6, 6.07) is 0. The van der Waals surface area contributed by atoms with Gasteiger partial charge in [0.15, 0.2) is 9.84 Å². The van der Waals surface area contributed by atoms with E-state index in [2.05, 4.69) is 17.2 Å². The predicted molar refractivity (Wildman–Crippen MR) is 60.0 cm³/mol. The number of amides is 1. The van der Waals surface area contributed by atoms with Gasteiger partial charge >= 0.3 is 0 Å². The van der Waals surface area contributed by atoms with Crippen LogP contribution < -0.4 is 5.32 Å². The van der Waals surface area contributed by atoms with E-state index in [0.717, 1.165) is 6.26 Å². The third-order valence-corrected chi connectivity index (χ3v) is 2.02. The standard InChI is InChI=1S/C10H17NO3S/c1-10(2,3)6-5-7-11-9(12)8-15(4,13)14/h7-8H2,1-4H3,(H,11,12). The molecule has 0 fully saturated rings. The van der Waals surface area contributed by atoms with Crippen molar-refractivity contribution in [3.05, 3.63) is 0 Å². The van der Waals surface area contributed by atoms with E-state index < -0.39 is 21.5 Å². The lowest BCUT2D eigenvalue weighted by Crippen LogP contribution is -2.30. The summed E-state index contributed by atoms with van der Waals surface area (Å²) in [5.41, 5.74) is -0.110. The smallest absolute Gasteiger partial charge is 0.235 e. The minimum absolute atomic E-state index is 0.110. The molecule has 0 aromatic carbocycles. The molecule has 0 aliphatic carbocycles. The Morgan fingerprint density at radius 1 is 1.33 bits per heavy atom. The summed E-state index contributed by atoms with van der Waals surface area (Å²) in [6.07, 6.45) is 1.02. The monoisotopic (exact) mass is 231 g/mol. The number of carbonyl (C=O) groups is 1. The molecule has 1 amide bonds. The van der Waals surface area contributed by atoms with Gasteiger partial charge in [0.2, 0.25) is 5.91 Å². The van der Waals surface area contributed by atoms with Crippen LogP contribution in [0.25, 0.3) is 0 Å². The maximum absolute atomic E-state index is 11.0. The molecular formula is C10H17NO3S. The first kappa shape index (κ1) is 14.0. The summed E-state index contributed by atoms with van der Waals surface area (Å²) in [5.74, 6) is 4.70. The van der Waals surface area contributed by atoms with E-state index in [9.17, 15) is 13.2 Å². The van der Waals surface area contributed by atoms with Crippen molar-refractivity contribution in [3.8, 4) is 11.8 Å². The SMILES string of the molecule is CC(C)(C)C#CCNC(=O)CS(C)(=O)=O. The summed E-state index contributed by atoms with van der Waals surface area (Å²) < 4.78 is 21.5. The first-order valence-electron chi connectivity index (χ1n) is 4.55. The van der Waals surface area contributed by atoms with Crippen molar-refractivity contribution in [1.82, 2.24) is 5.32 Å². The zero-order valence-electron chi connectivity index (χ0n) is 9.55. The Hall–Kier alpha value is -1.02. The Kier molecular flexibility index (Phi) is 4.82. The highest BCUT2D eigenvalue weighted by molar-refractivity contribution is 7.91. The normalized spacial score (nSPS) is 11.5. The van der Waals surface area contributed by atoms with E-state index in [0.29, 0.717) is 0 Å². The quantitative estimate of drug-likeness (QED) is 0.706. The minimum Gasteiger partial charge on any atom is -0.344 e. The molecular weight excluding hydrogens is 214 g/mol. The van der Waals surface area contributed by atoms with E-state index in [1.165, 1.54) is 0 Å². The third kappa shape index (κ3) is 10.9. The van der Waals surface area contributed by atoms with E-state index >= 15 is 0 Å². The molecule has 0 aromatic heterocycles. The number of nitrogens with one attached hydrogen (secondary N) is 1. The summed E-state index contributed by atoms with van der Waals surface area (Å²) in [5, 5.41) is 2.42. The van der Waals surface area contributed by atoms with Gasteiger partial charge in [-0.1, -0.05) is 11.8 Å². The first-order valence-corrected chi connectivity index (χ1v) is 6.61. The molecule has 0 heterocycles. The lowest BCUT2D eigenvalue weighted by Gasteiger charge is -2.07. The molecule has 0 radical (unpaired) electrons. The summed E-state index contributed by atoms with van der Waals surface area (Å²) in [6.45, 7) is 6.06. The van der Waals surface area contributed by atoms with Crippen molar-refractivity contribution in [2.24, 2.45) is 5.41 Å². The third-order valence-electron chi connectivity index (χ3n) is 1.23. The zero-order chi connectivity index (χ0) is 12.1. The van der Waals surface area contributed by atoms with Crippen LogP contribution in [0.2, 0.25) is 0 Å². The average Bonchev–Trinajstić information content (AvgIpc) is 1.92. The van der Waals surface area contributed by atoms with Gasteiger partial charge in [0.05, 0.1) is 6.54 Å². The highest BCUT2D eigenvalue weighted by Gasteiger charge is 2.09. The molecule has 0 saturated carbocycles. The van der Waals surface area contributed by atoms with Gasteiger partial charge in [-0.3, -0.25) is 4.79 Å². The van der Waals surface area contributed by atoms with Crippen LogP contribution in [0.3, 0.4) is 0 Å². The van der Waals surface area contributed by atoms with Crippen LogP contribution in [0.1, 0.15) is 20.8 Å². The molecule has 4 nitrogen and oxygen atoms in total. The van der Waals surface area contributed by atoms with Gasteiger partial charge < -0.3 is 5.32 Å². The van der Waals surface area contributed by atoms with Crippen molar-refractivity contribution in [1.29, 1.82) is 0 Å². The summed E-state index contributed by atoms with van der Waals surface area (Å²) in [4.78, 5) is 11.0. The molecule has 5 heteroatoms. The fourth-order valence-corrected chi connectivity index (χ4v) is 1.32. The second kappa shape index (κ2) is 5.17. The fourth-order valence-electron chi connectivity index (χ4n) is 0.741. The van der Waals surface area contributed by atoms with Crippen LogP contribution in [-0.2, 0) is 14.6 Å². The van der Waals surface area contributed by atoms with Gasteiger partial charge in [0, 0.05) is 11.7 Å². The van der Waals surface area contributed by atoms with Crippen molar-refractivity contribution in [2.75, 3.05) is 18.6 Å². The Labute approximate surface area is 91.4 Å². The number of rotatable bonds is 3. The van der Waals surface area contributed by atoms with Gasteiger partial charge in [-0.2, -0.15) is 0 Å². The molecule has 0 aromatic rings. The molecule has 0 aliphatic heterocycles. The van der Waals surface area contributed by atoms with Crippen LogP contribution in [0.15, 0.2) is 0 Å². The van der Waals surface area contributed by atoms with Crippen molar-refractivity contribution in [3.63, 3.8) is 0 Å². The van der Waals surface area contributed by atoms with Gasteiger partial charge in [0.1, 0.15) is 5.75 Å². The van der Waals surface area contributed by atoms with E-state index in [-0.39, 0.29) is 12.0 Å². The second-order valence-corrected chi connectivity index (χ2v) is 6.54. The van der Waals surface area contributed by atoms with E-state index in [4.69, 9.17) is 0 Å². The topological polar surface area (TPSA) is 63.2 Å². The highest BCUT2D eigenvalue weighted by Crippen LogP contribution is 2.09. The average molecular weight is 231 g/mol. The van der Waals surface area contributed by atoms with Crippen LogP contribution in [0, 0.1) is 17.3 Å². The van der Waals surface area contributed by atoms with Crippen molar-refractivity contribution in [2.45, 2.75) is 20.8 Å². The van der Waals surface area contributed by atoms with Crippen LogP contribution in [-0.4, -0.2) is 32.9 Å². The lowest BCUT2D eigenvalue weighted by atomic mass is 9.98. The first-order chi connectivity index (χ1) is 6.60. The van der Waals surface area contributed by atoms with Gasteiger partial charge in [-0.25, -0.2) is 8.42 Å². The molecule has 1 N–H and O–H groups in total. The number of sulfone groups is 1. The number of carbonyl (C=O) groups excluding carboxylic acids is 1. The molecule has 0 rings (SSSR count). The molecule has 15 heavy (non-hydrogen) atoms. The Morgan fingerprint density at radius 2 is 1.87 bits per heavy atom. The van der Waals surface area contributed by atoms with Gasteiger partial charge in [-0.15, -0.1) is 0 Å². The molecule has 0 atom stereocenters. The van der Waals surface area contributed by atoms with Crippen LogP contribution in [0.4, 0.5) is 0 Å². The predicted octanol–water partition coefficient (Wildman–Crippen LogP) is 0.197. The van der Waals surface area contributed by atoms with Gasteiger partial charge in [0.25, 0.3) is 0 Å². The number of hydrogen-bond acceptors (Lipinski definition) is 3.